The zero-order valence-electron chi connectivity index (χ0n) is 77.1. The maximum atomic E-state index is 13.9. The van der Waals surface area contributed by atoms with Gasteiger partial charge in [-0.3, -0.25) is 62.3 Å². The number of aliphatic hydroxyl groups is 7. The van der Waals surface area contributed by atoms with Crippen molar-refractivity contribution in [2.24, 2.45) is 0 Å². The van der Waals surface area contributed by atoms with Crippen molar-refractivity contribution < 1.29 is 231 Å². The van der Waals surface area contributed by atoms with Crippen LogP contribution in [0.1, 0.15) is 206 Å². The minimum absolute atomic E-state index is 0.226. The van der Waals surface area contributed by atoms with Gasteiger partial charge in [0.2, 0.25) is 6.10 Å². The van der Waals surface area contributed by atoms with E-state index in [1.54, 1.807) is 0 Å². The lowest BCUT2D eigenvalue weighted by Gasteiger charge is -2.52. The average molecular weight is 1920 g/mol. The van der Waals surface area contributed by atoms with E-state index in [1.807, 2.05) is 6.92 Å². The molecule has 0 aromatic carbocycles. The first kappa shape index (κ1) is 114. The molecule has 48 nitrogen and oxygen atoms in total. The van der Waals surface area contributed by atoms with Crippen molar-refractivity contribution in [2.75, 3.05) is 52.9 Å². The molecular weight excluding hydrogens is 1790 g/mol. The van der Waals surface area contributed by atoms with Gasteiger partial charge in [0.05, 0.1) is 19.3 Å². The molecule has 6 fully saturated rings. The van der Waals surface area contributed by atoms with Gasteiger partial charge in [-0.1, -0.05) is 96.8 Å². The molecule has 48 heteroatoms. The highest BCUT2D eigenvalue weighted by molar-refractivity contribution is 5.77. The number of rotatable bonds is 53. The van der Waals surface area contributed by atoms with E-state index in [4.69, 9.17) is 123 Å². The molecular formula is C85H132O48. The molecule has 6 heterocycles. The minimum Gasteiger partial charge on any atom is -0.478 e. The number of carbonyl (C=O) groups is 14. The molecule has 0 spiro atoms. The number of aliphatic hydroxyl groups excluding tert-OH is 7. The zero-order chi connectivity index (χ0) is 98.6. The number of carbonyl (C=O) groups excluding carboxylic acids is 13. The van der Waals surface area contributed by atoms with Gasteiger partial charge in [0, 0.05) is 96.6 Å². The normalized spacial score (nSPS) is 32.5. The van der Waals surface area contributed by atoms with Crippen LogP contribution < -0.4 is 0 Å². The van der Waals surface area contributed by atoms with Crippen LogP contribution in [0, 0.1) is 0 Å². The second-order valence-electron chi connectivity index (χ2n) is 32.7. The van der Waals surface area contributed by atoms with Crippen molar-refractivity contribution >= 4 is 83.6 Å². The number of aliphatic carboxylic acids is 1. The van der Waals surface area contributed by atoms with Crippen LogP contribution in [0.3, 0.4) is 0 Å². The largest absolute Gasteiger partial charge is 0.478 e. The van der Waals surface area contributed by atoms with Crippen molar-refractivity contribution in [3.8, 4) is 0 Å². The lowest BCUT2D eigenvalue weighted by atomic mass is 9.94. The van der Waals surface area contributed by atoms with Gasteiger partial charge >= 0.3 is 83.6 Å². The number of ether oxygens (including phenoxy) is 26. The van der Waals surface area contributed by atoms with Crippen LogP contribution in [0.5, 0.6) is 0 Å². The standard InChI is InChI=1S/C85H132O48/c1-15-30-53(31-28-26-24-22-20-18-16-17-19-21-23-25-27-29-32-108-34-60(79(106)107)114-45(7)92)122-81-72(132-84-76(120-51(13)98)73(117-48(10)95)68(115-46(8)93)57(126-84)37-111-42(4)89)66(105)67(54(33-86)123-81)129-83-77(121-52(14)99)75(119-50(12)97)70(59(128-83)39-113-44(6)91)130-85-78(74(118-49(11)96)69(116-47(9)94)58(127-85)38-112-43(5)90)133-82-71(64(103)62(101)56(125-82)36-110-41(3)88)131-80-65(104)63(102)61(100)55(124-80)35-109-40(2)87/h53-78,80-86,100-105H,15-39H2,1-14H3,(H,106,107)/t53-,54-,55-,56-,57-,58-,59-,60-,61-,62-,63+,64+,65-,66+,67-,68-,69-,70-,71-,72-,73+,74+,75?,76-,77-,78-,80+,81-,82+,83+,84+,85+/m1/s1. The molecule has 760 valence electrons. The van der Waals surface area contributed by atoms with Crippen LogP contribution in [0.2, 0.25) is 0 Å². The molecule has 6 saturated heterocycles. The molecule has 32 atom stereocenters. The lowest BCUT2D eigenvalue weighted by molar-refractivity contribution is -0.409. The van der Waals surface area contributed by atoms with E-state index < -0.39 is 320 Å². The van der Waals surface area contributed by atoms with Gasteiger partial charge in [0.25, 0.3) is 0 Å². The van der Waals surface area contributed by atoms with Gasteiger partial charge in [0.1, 0.15) is 131 Å². The van der Waals surface area contributed by atoms with Crippen molar-refractivity contribution in [1.29, 1.82) is 0 Å². The third-order valence-electron chi connectivity index (χ3n) is 21.6. The van der Waals surface area contributed by atoms with Gasteiger partial charge in [-0.15, -0.1) is 0 Å². The maximum Gasteiger partial charge on any atom is 0.347 e. The second-order valence-corrected chi connectivity index (χ2v) is 32.7. The molecule has 0 saturated carbocycles. The molecule has 6 rings (SSSR count). The van der Waals surface area contributed by atoms with Crippen LogP contribution in [-0.2, 0) is 190 Å². The Hall–Kier alpha value is -8.22. The number of esters is 13. The summed E-state index contributed by atoms with van der Waals surface area (Å²) >= 11 is 0. The highest BCUT2D eigenvalue weighted by Gasteiger charge is 2.63. The molecule has 0 bridgehead atoms. The number of carboxylic acids is 1. The van der Waals surface area contributed by atoms with Crippen molar-refractivity contribution in [3.63, 3.8) is 0 Å². The molecule has 0 amide bonds. The molecule has 6 aliphatic rings. The fourth-order valence-electron chi connectivity index (χ4n) is 15.7. The number of hydrogen-bond acceptors (Lipinski definition) is 47. The summed E-state index contributed by atoms with van der Waals surface area (Å²) in [4.78, 5) is 179. The minimum atomic E-state index is -2.44. The number of carboxylic acid groups (broad SMARTS) is 1. The molecule has 8 N–H and O–H groups in total. The first-order chi connectivity index (χ1) is 62.9. The molecule has 133 heavy (non-hydrogen) atoms. The quantitative estimate of drug-likeness (QED) is 0.0223. The third-order valence-corrected chi connectivity index (χ3v) is 21.6. The first-order valence-corrected chi connectivity index (χ1v) is 44.3. The Morgan fingerprint density at radius 1 is 0.278 bits per heavy atom. The van der Waals surface area contributed by atoms with Crippen LogP contribution in [0.4, 0.5) is 0 Å². The van der Waals surface area contributed by atoms with Crippen LogP contribution in [0.25, 0.3) is 0 Å². The Kier molecular flexibility index (Phi) is 48.7. The maximum absolute atomic E-state index is 13.9. The molecule has 1 unspecified atom stereocenters. The van der Waals surface area contributed by atoms with E-state index in [1.165, 1.54) is 0 Å². The predicted molar refractivity (Wildman–Crippen MR) is 435 cm³/mol. The Balaban J connectivity index is 1.41. The summed E-state index contributed by atoms with van der Waals surface area (Å²) in [5.74, 6) is -14.7. The number of hydrogen-bond donors (Lipinski definition) is 8. The van der Waals surface area contributed by atoms with E-state index >= 15 is 0 Å². The lowest BCUT2D eigenvalue weighted by Crippen LogP contribution is -2.70. The summed E-state index contributed by atoms with van der Waals surface area (Å²) in [6, 6.07) is 0. The zero-order valence-corrected chi connectivity index (χ0v) is 77.1. The summed E-state index contributed by atoms with van der Waals surface area (Å²) in [6.07, 6.45) is -51.1. The van der Waals surface area contributed by atoms with Crippen molar-refractivity contribution in [1.82, 2.24) is 0 Å². The van der Waals surface area contributed by atoms with Gasteiger partial charge in [-0.2, -0.15) is 0 Å². The molecule has 0 aromatic rings. The third kappa shape index (κ3) is 37.0. The highest BCUT2D eigenvalue weighted by Crippen LogP contribution is 2.42. The molecule has 0 radical (unpaired) electrons. The highest BCUT2D eigenvalue weighted by atomic mass is 16.8. The fourth-order valence-corrected chi connectivity index (χ4v) is 15.7. The Morgan fingerprint density at radius 2 is 0.586 bits per heavy atom. The van der Waals surface area contributed by atoms with E-state index in [-0.39, 0.29) is 6.61 Å². The van der Waals surface area contributed by atoms with E-state index in [9.17, 15) is 108 Å². The average Bonchev–Trinajstić information content (AvgIpc) is 0.757. The second kappa shape index (κ2) is 57.1. The molecule has 6 aliphatic heterocycles. The Morgan fingerprint density at radius 3 is 0.992 bits per heavy atom. The van der Waals surface area contributed by atoms with E-state index in [2.05, 4.69) is 0 Å². The SMILES string of the molecule is CCC[C@H](CCCCCCCCCCCCCCCCOC[C@@H](OC(C)=O)C(=O)O)O[C@@H]1O[C@H](CO)[C@@H](O[C@@H]2O[C@H](COC(C)=O)[C@@H](O[C@@H]3O[C@H](COC(C)=O)[C@@H](OC(C)=O)[C@H](OC(C)=O)[C@H]3O[C@@H]3O[C@H](COC(C)=O)[C@@H](O)[C@H](O)[C@H]3O[C@@H]3O[C@H](COC(C)=O)[C@@H](O)[C@H](O)[C@H]3O)C(OC(C)=O)[C@H]2OC(C)=O)[C@H](O)[C@H]1O[C@@H]1O[C@H](COC(C)=O)[C@@H](OC(C)=O)[C@H](OC(C)=O)[C@H]1OC(C)=O. The number of unbranched alkanes of at least 4 members (excludes halogenated alkanes) is 13. The van der Waals surface area contributed by atoms with Crippen LogP contribution in [0.15, 0.2) is 0 Å². The summed E-state index contributed by atoms with van der Waals surface area (Å²) in [5.41, 5.74) is 0. The van der Waals surface area contributed by atoms with Crippen molar-refractivity contribution in [3.05, 3.63) is 0 Å². The Bertz CT molecular complexity index is 3700. The molecule has 0 aliphatic carbocycles. The monoisotopic (exact) mass is 1920 g/mol. The van der Waals surface area contributed by atoms with Crippen LogP contribution in [-0.4, -0.2) is 374 Å². The van der Waals surface area contributed by atoms with E-state index in [0.717, 1.165) is 173 Å². The smallest absolute Gasteiger partial charge is 0.347 e. The molecule has 0 aromatic heterocycles. The van der Waals surface area contributed by atoms with Gasteiger partial charge in [-0.25, -0.2) is 4.79 Å². The first-order valence-electron chi connectivity index (χ1n) is 44.3. The van der Waals surface area contributed by atoms with Crippen LogP contribution >= 0.6 is 0 Å². The van der Waals surface area contributed by atoms with Gasteiger partial charge < -0.3 is 164 Å². The Labute approximate surface area is 767 Å². The van der Waals surface area contributed by atoms with Gasteiger partial charge in [0.15, 0.2) is 86.6 Å². The summed E-state index contributed by atoms with van der Waals surface area (Å²) in [7, 11) is 0. The van der Waals surface area contributed by atoms with Gasteiger partial charge in [-0.05, 0) is 19.3 Å². The summed E-state index contributed by atoms with van der Waals surface area (Å²) in [5, 5.41) is 91.5. The fraction of sp³-hybridized carbons (Fsp3) is 0.835. The summed E-state index contributed by atoms with van der Waals surface area (Å²) < 4.78 is 155. The predicted octanol–water partition coefficient (Wildman–Crippen LogP) is -0.173. The van der Waals surface area contributed by atoms with Crippen molar-refractivity contribution in [2.45, 2.75) is 403 Å². The topological polar surface area (TPSA) is 641 Å². The summed E-state index contributed by atoms with van der Waals surface area (Å²) in [6.45, 7) is 8.82. The van der Waals surface area contributed by atoms with E-state index in [0.29, 0.717) is 32.3 Å².